The van der Waals surface area contributed by atoms with Crippen molar-refractivity contribution in [3.05, 3.63) is 47.7 Å². The lowest BCUT2D eigenvalue weighted by Gasteiger charge is -2.12. The van der Waals surface area contributed by atoms with Crippen LogP contribution in [-0.4, -0.2) is 28.6 Å². The van der Waals surface area contributed by atoms with Crippen LogP contribution in [0.15, 0.2) is 36.4 Å². The first-order chi connectivity index (χ1) is 9.69. The number of fused-ring (bicyclic) bond motifs is 1. The van der Waals surface area contributed by atoms with E-state index in [0.717, 1.165) is 23.0 Å². The zero-order valence-corrected chi connectivity index (χ0v) is 11.4. The van der Waals surface area contributed by atoms with E-state index >= 15 is 0 Å². The highest BCUT2D eigenvalue weighted by Gasteiger charge is 2.22. The Kier molecular flexibility index (Phi) is 3.32. The Balaban J connectivity index is 1.83. The number of aryl methyl sites for hydroxylation is 1. The molecule has 2 aromatic rings. The molecule has 1 aliphatic rings. The van der Waals surface area contributed by atoms with Crippen molar-refractivity contribution < 1.29 is 9.90 Å². The molecule has 0 bridgehead atoms. The number of hydrogen-bond donors (Lipinski definition) is 3. The van der Waals surface area contributed by atoms with E-state index in [0.29, 0.717) is 5.56 Å². The number of rotatable bonds is 3. The monoisotopic (exact) mass is 270 g/mol. The predicted molar refractivity (Wildman–Crippen MR) is 78.6 cm³/mol. The van der Waals surface area contributed by atoms with Crippen LogP contribution in [0.1, 0.15) is 22.5 Å². The van der Waals surface area contributed by atoms with Crippen molar-refractivity contribution in [2.75, 3.05) is 6.61 Å². The van der Waals surface area contributed by atoms with Crippen LogP contribution in [0.4, 0.5) is 0 Å². The van der Waals surface area contributed by atoms with E-state index in [1.807, 2.05) is 43.3 Å². The molecule has 1 aromatic carbocycles. The number of aliphatic hydroxyl groups is 1. The molecule has 4 heteroatoms. The summed E-state index contributed by atoms with van der Waals surface area (Å²) in [6.45, 7) is 2.05. The smallest absolute Gasteiger partial charge is 0.254 e. The van der Waals surface area contributed by atoms with Crippen LogP contribution < -0.4 is 5.32 Å². The number of H-pyrrole nitrogens is 1. The third kappa shape index (κ3) is 2.23. The van der Waals surface area contributed by atoms with Crippen LogP contribution in [0.2, 0.25) is 0 Å². The van der Waals surface area contributed by atoms with Crippen molar-refractivity contribution in [1.82, 2.24) is 10.3 Å². The quantitative estimate of drug-likeness (QED) is 0.748. The fraction of sp³-hybridized carbons (Fsp3) is 0.312. The summed E-state index contributed by atoms with van der Waals surface area (Å²) in [6.07, 6.45) is 4.69. The number of aromatic nitrogens is 1. The Morgan fingerprint density at radius 3 is 2.95 bits per heavy atom. The number of benzene rings is 1. The maximum absolute atomic E-state index is 12.5. The van der Waals surface area contributed by atoms with Crippen LogP contribution in [-0.2, 0) is 0 Å². The van der Waals surface area contributed by atoms with Crippen LogP contribution in [0, 0.1) is 12.8 Å². The summed E-state index contributed by atoms with van der Waals surface area (Å²) in [4.78, 5) is 15.7. The second kappa shape index (κ2) is 5.13. The Morgan fingerprint density at radius 2 is 2.20 bits per heavy atom. The first-order valence-electron chi connectivity index (χ1n) is 6.86. The second-order valence-corrected chi connectivity index (χ2v) is 5.31. The van der Waals surface area contributed by atoms with Gasteiger partial charge in [-0.3, -0.25) is 4.79 Å². The van der Waals surface area contributed by atoms with E-state index < -0.39 is 0 Å². The largest absolute Gasteiger partial charge is 0.396 e. The molecule has 20 heavy (non-hydrogen) atoms. The molecule has 3 rings (SSSR count). The van der Waals surface area contributed by atoms with Gasteiger partial charge in [0.25, 0.3) is 5.91 Å². The van der Waals surface area contributed by atoms with Crippen molar-refractivity contribution in [2.24, 2.45) is 5.92 Å². The number of amides is 1. The molecular formula is C16H18N2O2. The molecule has 3 N–H and O–H groups in total. The van der Waals surface area contributed by atoms with Crippen molar-refractivity contribution >= 4 is 16.8 Å². The average Bonchev–Trinajstić information content (AvgIpc) is 3.01. The van der Waals surface area contributed by atoms with Gasteiger partial charge in [0.05, 0.1) is 5.56 Å². The van der Waals surface area contributed by atoms with E-state index in [9.17, 15) is 4.79 Å². The summed E-state index contributed by atoms with van der Waals surface area (Å²) in [5.41, 5.74) is 2.57. The lowest BCUT2D eigenvalue weighted by molar-refractivity contribution is 0.0942. The molecule has 1 aromatic heterocycles. The van der Waals surface area contributed by atoms with Gasteiger partial charge in [0.2, 0.25) is 0 Å². The molecule has 0 aliphatic heterocycles. The molecule has 1 aliphatic carbocycles. The standard InChI is InChI=1S/C16H18N2O2/c1-10-15(13-4-2-3-5-14(13)17-10)16(20)18-12-7-6-11(8-12)9-19/h2-7,11-12,17,19H,8-9H2,1H3,(H,18,20)/t11-,12+/m0/s1. The maximum atomic E-state index is 12.5. The fourth-order valence-electron chi connectivity index (χ4n) is 2.83. The molecular weight excluding hydrogens is 252 g/mol. The van der Waals surface area contributed by atoms with Crippen molar-refractivity contribution in [3.8, 4) is 0 Å². The van der Waals surface area contributed by atoms with Gasteiger partial charge in [0.1, 0.15) is 0 Å². The molecule has 1 heterocycles. The molecule has 0 radical (unpaired) electrons. The topological polar surface area (TPSA) is 65.1 Å². The summed E-state index contributed by atoms with van der Waals surface area (Å²) in [6, 6.07) is 7.81. The van der Waals surface area contributed by atoms with Crippen molar-refractivity contribution in [2.45, 2.75) is 19.4 Å². The Hall–Kier alpha value is -2.07. The number of aliphatic hydroxyl groups excluding tert-OH is 1. The SMILES string of the molecule is Cc1[nH]c2ccccc2c1C(=O)N[C@@H]1C=C[C@H](CO)C1. The second-order valence-electron chi connectivity index (χ2n) is 5.31. The zero-order chi connectivity index (χ0) is 14.1. The first kappa shape index (κ1) is 12.9. The van der Waals surface area contributed by atoms with Gasteiger partial charge in [-0.15, -0.1) is 0 Å². The Labute approximate surface area is 117 Å². The van der Waals surface area contributed by atoms with Crippen LogP contribution in [0.25, 0.3) is 10.9 Å². The maximum Gasteiger partial charge on any atom is 0.254 e. The van der Waals surface area contributed by atoms with E-state index in [1.165, 1.54) is 0 Å². The molecule has 104 valence electrons. The van der Waals surface area contributed by atoms with E-state index in [1.54, 1.807) is 0 Å². The van der Waals surface area contributed by atoms with Gasteiger partial charge >= 0.3 is 0 Å². The highest BCUT2D eigenvalue weighted by molar-refractivity contribution is 6.08. The van der Waals surface area contributed by atoms with E-state index in [4.69, 9.17) is 5.11 Å². The summed E-state index contributed by atoms with van der Waals surface area (Å²) in [7, 11) is 0. The van der Waals surface area contributed by atoms with Gasteiger partial charge in [-0.25, -0.2) is 0 Å². The van der Waals surface area contributed by atoms with Crippen LogP contribution in [0.5, 0.6) is 0 Å². The molecule has 0 saturated heterocycles. The normalized spacial score (nSPS) is 21.5. The minimum absolute atomic E-state index is 0.00714. The van der Waals surface area contributed by atoms with Gasteiger partial charge in [-0.1, -0.05) is 30.4 Å². The van der Waals surface area contributed by atoms with Gasteiger partial charge in [-0.05, 0) is 19.4 Å². The highest BCUT2D eigenvalue weighted by Crippen LogP contribution is 2.23. The van der Waals surface area contributed by atoms with Crippen molar-refractivity contribution in [1.29, 1.82) is 0 Å². The Morgan fingerprint density at radius 1 is 1.40 bits per heavy atom. The zero-order valence-electron chi connectivity index (χ0n) is 11.4. The van der Waals surface area contributed by atoms with E-state index in [2.05, 4.69) is 10.3 Å². The molecule has 2 atom stereocenters. The molecule has 1 amide bonds. The number of nitrogens with one attached hydrogen (secondary N) is 2. The average molecular weight is 270 g/mol. The summed E-state index contributed by atoms with van der Waals surface area (Å²) < 4.78 is 0. The summed E-state index contributed by atoms with van der Waals surface area (Å²) in [5.74, 6) is 0.0950. The third-order valence-electron chi connectivity index (χ3n) is 3.84. The number of para-hydroxylation sites is 1. The van der Waals surface area contributed by atoms with Gasteiger partial charge < -0.3 is 15.4 Å². The van der Waals surface area contributed by atoms with Crippen LogP contribution >= 0.6 is 0 Å². The van der Waals surface area contributed by atoms with E-state index in [-0.39, 0.29) is 24.5 Å². The first-order valence-corrected chi connectivity index (χ1v) is 6.86. The lowest BCUT2D eigenvalue weighted by Crippen LogP contribution is -2.33. The molecule has 0 unspecified atom stereocenters. The number of carbonyl (C=O) groups is 1. The summed E-state index contributed by atoms with van der Waals surface area (Å²) in [5, 5.41) is 13.1. The number of aromatic amines is 1. The molecule has 0 spiro atoms. The minimum Gasteiger partial charge on any atom is -0.396 e. The fourth-order valence-corrected chi connectivity index (χ4v) is 2.83. The van der Waals surface area contributed by atoms with Gasteiger partial charge in [0.15, 0.2) is 0 Å². The van der Waals surface area contributed by atoms with Crippen LogP contribution in [0.3, 0.4) is 0 Å². The Bertz CT molecular complexity index is 672. The summed E-state index contributed by atoms with van der Waals surface area (Å²) >= 11 is 0. The van der Waals surface area contributed by atoms with Gasteiger partial charge in [-0.2, -0.15) is 0 Å². The lowest BCUT2D eigenvalue weighted by atomic mass is 10.1. The number of hydrogen-bond acceptors (Lipinski definition) is 2. The highest BCUT2D eigenvalue weighted by atomic mass is 16.3. The molecule has 0 saturated carbocycles. The third-order valence-corrected chi connectivity index (χ3v) is 3.84. The minimum atomic E-state index is -0.0619. The molecule has 4 nitrogen and oxygen atoms in total. The predicted octanol–water partition coefficient (Wildman–Crippen LogP) is 2.14. The molecule has 0 fully saturated rings. The van der Waals surface area contributed by atoms with Crippen molar-refractivity contribution in [3.63, 3.8) is 0 Å². The van der Waals surface area contributed by atoms with Gasteiger partial charge in [0, 0.05) is 35.2 Å². The number of carbonyl (C=O) groups excluding carboxylic acids is 1.